The molecule has 1 aliphatic rings. The largest absolute Gasteiger partial charge is 0.508 e. The molecule has 1 heterocycles. The fourth-order valence-electron chi connectivity index (χ4n) is 0.976. The Labute approximate surface area is 75.3 Å². The number of phenols is 1. The second-order valence-electron chi connectivity index (χ2n) is 2.87. The van der Waals surface area contributed by atoms with Gasteiger partial charge in [-0.2, -0.15) is 0 Å². The molecule has 0 saturated carbocycles. The quantitative estimate of drug-likeness (QED) is 0.668. The molecule has 0 spiro atoms. The van der Waals surface area contributed by atoms with Crippen molar-refractivity contribution in [3.63, 3.8) is 0 Å². The number of rotatable bonds is 3. The van der Waals surface area contributed by atoms with E-state index in [1.54, 1.807) is 24.3 Å². The SMILES string of the molecule is Oc1ccc(OCC2O[C@H]2O)cc1. The molecular weight excluding hydrogens is 172 g/mol. The van der Waals surface area contributed by atoms with Crippen LogP contribution in [0.15, 0.2) is 24.3 Å². The Balaban J connectivity index is 1.84. The molecule has 1 aromatic rings. The van der Waals surface area contributed by atoms with Gasteiger partial charge in [-0.1, -0.05) is 0 Å². The van der Waals surface area contributed by atoms with E-state index < -0.39 is 6.29 Å². The number of aromatic hydroxyl groups is 1. The maximum absolute atomic E-state index is 8.97. The van der Waals surface area contributed by atoms with E-state index in [0.717, 1.165) is 0 Å². The number of hydrogen-bond donors (Lipinski definition) is 2. The van der Waals surface area contributed by atoms with Crippen molar-refractivity contribution in [1.82, 2.24) is 0 Å². The van der Waals surface area contributed by atoms with E-state index in [1.807, 2.05) is 0 Å². The minimum absolute atomic E-state index is 0.200. The van der Waals surface area contributed by atoms with E-state index in [1.165, 1.54) is 0 Å². The molecule has 1 unspecified atom stereocenters. The Kier molecular flexibility index (Phi) is 2.08. The summed E-state index contributed by atoms with van der Waals surface area (Å²) in [6.45, 7) is 0.339. The van der Waals surface area contributed by atoms with Gasteiger partial charge in [0.25, 0.3) is 0 Å². The third kappa shape index (κ3) is 2.11. The minimum Gasteiger partial charge on any atom is -0.508 e. The van der Waals surface area contributed by atoms with Crippen molar-refractivity contribution in [3.8, 4) is 11.5 Å². The van der Waals surface area contributed by atoms with Crippen LogP contribution in [0.5, 0.6) is 11.5 Å². The zero-order chi connectivity index (χ0) is 9.26. The first-order chi connectivity index (χ1) is 6.25. The predicted octanol–water partition coefficient (Wildman–Crippen LogP) is 0.488. The molecule has 0 bridgehead atoms. The average Bonchev–Trinajstić information content (AvgIpc) is 2.81. The minimum atomic E-state index is -0.669. The molecule has 1 fully saturated rings. The monoisotopic (exact) mass is 182 g/mol. The van der Waals surface area contributed by atoms with Crippen LogP contribution in [0.3, 0.4) is 0 Å². The van der Waals surface area contributed by atoms with Crippen molar-refractivity contribution in [2.75, 3.05) is 6.61 Å². The lowest BCUT2D eigenvalue weighted by molar-refractivity contribution is 0.155. The summed E-state index contributed by atoms with van der Waals surface area (Å²) in [7, 11) is 0. The number of ether oxygens (including phenoxy) is 2. The van der Waals surface area contributed by atoms with Gasteiger partial charge in [-0.15, -0.1) is 0 Å². The molecule has 2 N–H and O–H groups in total. The summed E-state index contributed by atoms with van der Waals surface area (Å²) in [6, 6.07) is 6.40. The third-order valence-electron chi connectivity index (χ3n) is 1.81. The van der Waals surface area contributed by atoms with Gasteiger partial charge >= 0.3 is 0 Å². The van der Waals surface area contributed by atoms with Crippen LogP contribution in [-0.4, -0.2) is 29.2 Å². The standard InChI is InChI=1S/C9H10O4/c10-6-1-3-7(4-2-6)12-5-8-9(11)13-8/h1-4,8-11H,5H2/t8?,9-/m1/s1. The van der Waals surface area contributed by atoms with Crippen molar-refractivity contribution in [2.45, 2.75) is 12.4 Å². The summed E-state index contributed by atoms with van der Waals surface area (Å²) >= 11 is 0. The van der Waals surface area contributed by atoms with Crippen LogP contribution in [0.25, 0.3) is 0 Å². The number of benzene rings is 1. The average molecular weight is 182 g/mol. The van der Waals surface area contributed by atoms with Crippen LogP contribution in [0.1, 0.15) is 0 Å². The topological polar surface area (TPSA) is 62.2 Å². The maximum atomic E-state index is 8.97. The maximum Gasteiger partial charge on any atom is 0.185 e. The Morgan fingerprint density at radius 1 is 1.31 bits per heavy atom. The highest BCUT2D eigenvalue weighted by Crippen LogP contribution is 2.21. The zero-order valence-electron chi connectivity index (χ0n) is 6.88. The highest BCUT2D eigenvalue weighted by Gasteiger charge is 2.37. The number of aliphatic hydroxyl groups is 1. The first-order valence-corrected chi connectivity index (χ1v) is 4.01. The van der Waals surface area contributed by atoms with Gasteiger partial charge in [0.2, 0.25) is 0 Å². The molecule has 4 nitrogen and oxygen atoms in total. The molecule has 4 heteroatoms. The molecule has 2 atom stereocenters. The fraction of sp³-hybridized carbons (Fsp3) is 0.333. The molecule has 1 aromatic carbocycles. The van der Waals surface area contributed by atoms with Crippen molar-refractivity contribution < 1.29 is 19.7 Å². The lowest BCUT2D eigenvalue weighted by Crippen LogP contribution is -2.06. The van der Waals surface area contributed by atoms with Gasteiger partial charge in [-0.05, 0) is 24.3 Å². The highest BCUT2D eigenvalue weighted by molar-refractivity contribution is 5.30. The van der Waals surface area contributed by atoms with Crippen LogP contribution < -0.4 is 4.74 Å². The van der Waals surface area contributed by atoms with Crippen LogP contribution in [0.2, 0.25) is 0 Å². The number of epoxide rings is 1. The molecule has 0 aromatic heterocycles. The first kappa shape index (κ1) is 8.34. The van der Waals surface area contributed by atoms with E-state index in [0.29, 0.717) is 12.4 Å². The summed E-state index contributed by atoms with van der Waals surface area (Å²) in [5, 5.41) is 17.8. The van der Waals surface area contributed by atoms with Crippen molar-refractivity contribution >= 4 is 0 Å². The van der Waals surface area contributed by atoms with E-state index in [-0.39, 0.29) is 11.9 Å². The Bertz CT molecular complexity index is 282. The molecule has 1 aliphatic heterocycles. The highest BCUT2D eigenvalue weighted by atomic mass is 16.7. The summed E-state index contributed by atoms with van der Waals surface area (Å²) in [4.78, 5) is 0. The van der Waals surface area contributed by atoms with Gasteiger partial charge in [-0.25, -0.2) is 0 Å². The molecule has 1 saturated heterocycles. The van der Waals surface area contributed by atoms with Gasteiger partial charge in [0.05, 0.1) is 0 Å². The lowest BCUT2D eigenvalue weighted by Gasteiger charge is -2.02. The summed E-state index contributed by atoms with van der Waals surface area (Å²) in [6.07, 6.45) is -0.870. The van der Waals surface area contributed by atoms with Crippen LogP contribution in [0.4, 0.5) is 0 Å². The summed E-state index contributed by atoms with van der Waals surface area (Å²) < 4.78 is 10.0. The Morgan fingerprint density at radius 3 is 2.46 bits per heavy atom. The Hall–Kier alpha value is -1.26. The second-order valence-corrected chi connectivity index (χ2v) is 2.87. The van der Waals surface area contributed by atoms with Crippen molar-refractivity contribution in [3.05, 3.63) is 24.3 Å². The van der Waals surface area contributed by atoms with E-state index >= 15 is 0 Å². The third-order valence-corrected chi connectivity index (χ3v) is 1.81. The normalized spacial score (nSPS) is 25.6. The van der Waals surface area contributed by atoms with Gasteiger partial charge < -0.3 is 19.7 Å². The predicted molar refractivity (Wildman–Crippen MR) is 44.5 cm³/mol. The van der Waals surface area contributed by atoms with Gasteiger partial charge in [0, 0.05) is 0 Å². The van der Waals surface area contributed by atoms with Crippen molar-refractivity contribution in [2.24, 2.45) is 0 Å². The summed E-state index contributed by atoms with van der Waals surface area (Å²) in [5.74, 6) is 0.857. The zero-order valence-corrected chi connectivity index (χ0v) is 6.88. The van der Waals surface area contributed by atoms with Crippen molar-refractivity contribution in [1.29, 1.82) is 0 Å². The van der Waals surface area contributed by atoms with Gasteiger partial charge in [0.1, 0.15) is 24.2 Å². The number of hydrogen-bond acceptors (Lipinski definition) is 4. The van der Waals surface area contributed by atoms with Crippen LogP contribution >= 0.6 is 0 Å². The lowest BCUT2D eigenvalue weighted by atomic mass is 10.3. The molecule has 13 heavy (non-hydrogen) atoms. The van der Waals surface area contributed by atoms with Gasteiger partial charge in [-0.3, -0.25) is 0 Å². The Morgan fingerprint density at radius 2 is 1.92 bits per heavy atom. The molecule has 70 valence electrons. The second kappa shape index (κ2) is 3.24. The molecule has 0 radical (unpaired) electrons. The molecule has 2 rings (SSSR count). The van der Waals surface area contributed by atoms with Crippen LogP contribution in [-0.2, 0) is 4.74 Å². The molecule has 0 amide bonds. The fourth-order valence-corrected chi connectivity index (χ4v) is 0.976. The number of phenolic OH excluding ortho intramolecular Hbond substituents is 1. The first-order valence-electron chi connectivity index (χ1n) is 4.01. The summed E-state index contributed by atoms with van der Waals surface area (Å²) in [5.41, 5.74) is 0. The molecular formula is C9H10O4. The molecule has 0 aliphatic carbocycles. The van der Waals surface area contributed by atoms with Crippen LogP contribution in [0, 0.1) is 0 Å². The van der Waals surface area contributed by atoms with E-state index in [2.05, 4.69) is 0 Å². The van der Waals surface area contributed by atoms with Gasteiger partial charge in [0.15, 0.2) is 6.29 Å². The van der Waals surface area contributed by atoms with E-state index in [9.17, 15) is 0 Å². The number of aliphatic hydroxyl groups excluding tert-OH is 1. The smallest absolute Gasteiger partial charge is 0.185 e. The van der Waals surface area contributed by atoms with E-state index in [4.69, 9.17) is 19.7 Å².